The fourth-order valence-electron chi connectivity index (χ4n) is 1.77. The molecule has 1 rings (SSSR count). The van der Waals surface area contributed by atoms with Gasteiger partial charge in [0.15, 0.2) is 0 Å². The lowest BCUT2D eigenvalue weighted by Crippen LogP contribution is -2.46. The molecule has 16 heavy (non-hydrogen) atoms. The zero-order valence-corrected chi connectivity index (χ0v) is 10.9. The average molecular weight is 230 g/mol. The van der Waals surface area contributed by atoms with Crippen molar-refractivity contribution >= 4 is 0 Å². The molecule has 1 fully saturated rings. The Morgan fingerprint density at radius 1 is 1.50 bits per heavy atom. The molecule has 0 bridgehead atoms. The SMILES string of the molecule is CCN1CCOC(COC(C)(CC)CN)C1. The van der Waals surface area contributed by atoms with E-state index in [-0.39, 0.29) is 11.7 Å². The van der Waals surface area contributed by atoms with Gasteiger partial charge in [-0.25, -0.2) is 0 Å². The second kappa shape index (κ2) is 6.55. The number of nitrogens with two attached hydrogens (primary N) is 1. The predicted molar refractivity (Wildman–Crippen MR) is 65.6 cm³/mol. The van der Waals surface area contributed by atoms with Gasteiger partial charge in [-0.1, -0.05) is 13.8 Å². The van der Waals surface area contributed by atoms with Crippen molar-refractivity contribution in [2.45, 2.75) is 38.9 Å². The van der Waals surface area contributed by atoms with Gasteiger partial charge in [0.1, 0.15) is 0 Å². The summed E-state index contributed by atoms with van der Waals surface area (Å²) in [5.74, 6) is 0. The van der Waals surface area contributed by atoms with Crippen molar-refractivity contribution in [3.63, 3.8) is 0 Å². The molecule has 2 N–H and O–H groups in total. The smallest absolute Gasteiger partial charge is 0.0935 e. The maximum Gasteiger partial charge on any atom is 0.0935 e. The van der Waals surface area contributed by atoms with Gasteiger partial charge in [0.05, 0.1) is 24.9 Å². The van der Waals surface area contributed by atoms with Crippen LogP contribution in [0.15, 0.2) is 0 Å². The molecule has 2 unspecified atom stereocenters. The number of morpholine rings is 1. The Hall–Kier alpha value is -0.160. The van der Waals surface area contributed by atoms with E-state index >= 15 is 0 Å². The second-order valence-electron chi connectivity index (χ2n) is 4.70. The normalized spacial score (nSPS) is 26.6. The summed E-state index contributed by atoms with van der Waals surface area (Å²) in [4.78, 5) is 2.39. The molecule has 0 aromatic carbocycles. The number of ether oxygens (including phenoxy) is 2. The second-order valence-corrected chi connectivity index (χ2v) is 4.70. The molecule has 0 spiro atoms. The molecule has 4 heteroatoms. The molecule has 0 aliphatic carbocycles. The van der Waals surface area contributed by atoms with Crippen LogP contribution in [-0.2, 0) is 9.47 Å². The first kappa shape index (κ1) is 13.9. The zero-order chi connectivity index (χ0) is 12.0. The van der Waals surface area contributed by atoms with Crippen LogP contribution in [-0.4, -0.2) is 56.0 Å². The first-order chi connectivity index (χ1) is 7.63. The quantitative estimate of drug-likeness (QED) is 0.735. The molecule has 1 saturated heterocycles. The van der Waals surface area contributed by atoms with Crippen molar-refractivity contribution in [3.8, 4) is 0 Å². The van der Waals surface area contributed by atoms with Crippen LogP contribution >= 0.6 is 0 Å². The molecule has 0 saturated carbocycles. The monoisotopic (exact) mass is 230 g/mol. The number of nitrogens with zero attached hydrogens (tertiary/aromatic N) is 1. The van der Waals surface area contributed by atoms with Gasteiger partial charge in [0, 0.05) is 19.6 Å². The lowest BCUT2D eigenvalue weighted by Gasteiger charge is -2.35. The Labute approximate surface area is 99.1 Å². The van der Waals surface area contributed by atoms with Gasteiger partial charge in [-0.15, -0.1) is 0 Å². The standard InChI is InChI=1S/C12H26N2O2/c1-4-12(3,10-13)16-9-11-8-14(5-2)6-7-15-11/h11H,4-10,13H2,1-3H3. The summed E-state index contributed by atoms with van der Waals surface area (Å²) in [5, 5.41) is 0. The summed E-state index contributed by atoms with van der Waals surface area (Å²) in [6, 6.07) is 0. The third kappa shape index (κ3) is 4.01. The van der Waals surface area contributed by atoms with Crippen molar-refractivity contribution in [1.82, 2.24) is 4.90 Å². The largest absolute Gasteiger partial charge is 0.373 e. The highest BCUT2D eigenvalue weighted by Crippen LogP contribution is 2.15. The lowest BCUT2D eigenvalue weighted by molar-refractivity contribution is -0.111. The van der Waals surface area contributed by atoms with Crippen LogP contribution in [0, 0.1) is 0 Å². The first-order valence-electron chi connectivity index (χ1n) is 6.31. The highest BCUT2D eigenvalue weighted by molar-refractivity contribution is 4.77. The van der Waals surface area contributed by atoms with E-state index in [9.17, 15) is 0 Å². The molecule has 96 valence electrons. The fraction of sp³-hybridized carbons (Fsp3) is 1.00. The van der Waals surface area contributed by atoms with Crippen LogP contribution in [0.25, 0.3) is 0 Å². The average Bonchev–Trinajstić information content (AvgIpc) is 2.36. The van der Waals surface area contributed by atoms with Gasteiger partial charge in [0.2, 0.25) is 0 Å². The van der Waals surface area contributed by atoms with Crippen molar-refractivity contribution < 1.29 is 9.47 Å². The number of hydrogen-bond donors (Lipinski definition) is 1. The van der Waals surface area contributed by atoms with E-state index in [2.05, 4.69) is 25.7 Å². The third-order valence-electron chi connectivity index (χ3n) is 3.47. The van der Waals surface area contributed by atoms with Crippen LogP contribution < -0.4 is 5.73 Å². The first-order valence-corrected chi connectivity index (χ1v) is 6.31. The van der Waals surface area contributed by atoms with Gasteiger partial charge in [-0.05, 0) is 19.9 Å². The van der Waals surface area contributed by atoms with Gasteiger partial charge in [-0.3, -0.25) is 4.90 Å². The molecule has 2 atom stereocenters. The van der Waals surface area contributed by atoms with Crippen molar-refractivity contribution in [1.29, 1.82) is 0 Å². The van der Waals surface area contributed by atoms with Gasteiger partial charge >= 0.3 is 0 Å². The summed E-state index contributed by atoms with van der Waals surface area (Å²) in [6.45, 7) is 11.5. The summed E-state index contributed by atoms with van der Waals surface area (Å²) in [6.07, 6.45) is 1.14. The maximum atomic E-state index is 5.88. The van der Waals surface area contributed by atoms with Crippen LogP contribution in [0.2, 0.25) is 0 Å². The van der Waals surface area contributed by atoms with E-state index in [1.165, 1.54) is 0 Å². The molecular weight excluding hydrogens is 204 g/mol. The Bertz CT molecular complexity index is 195. The van der Waals surface area contributed by atoms with E-state index in [4.69, 9.17) is 15.2 Å². The Morgan fingerprint density at radius 3 is 2.81 bits per heavy atom. The molecular formula is C12H26N2O2. The van der Waals surface area contributed by atoms with Crippen molar-refractivity contribution in [2.24, 2.45) is 5.73 Å². The minimum absolute atomic E-state index is 0.197. The van der Waals surface area contributed by atoms with Crippen LogP contribution in [0.5, 0.6) is 0 Å². The number of hydrogen-bond acceptors (Lipinski definition) is 4. The topological polar surface area (TPSA) is 47.7 Å². The molecule has 1 aliphatic heterocycles. The Morgan fingerprint density at radius 2 is 2.25 bits per heavy atom. The predicted octanol–water partition coefficient (Wildman–Crippen LogP) is 0.851. The highest BCUT2D eigenvalue weighted by atomic mass is 16.5. The van der Waals surface area contributed by atoms with E-state index in [1.54, 1.807) is 0 Å². The fourth-order valence-corrected chi connectivity index (χ4v) is 1.77. The van der Waals surface area contributed by atoms with Gasteiger partial charge < -0.3 is 15.2 Å². The summed E-state index contributed by atoms with van der Waals surface area (Å²) in [7, 11) is 0. The van der Waals surface area contributed by atoms with Crippen LogP contribution in [0.3, 0.4) is 0 Å². The minimum Gasteiger partial charge on any atom is -0.373 e. The lowest BCUT2D eigenvalue weighted by atomic mass is 10.0. The van der Waals surface area contributed by atoms with Gasteiger partial charge in [0.25, 0.3) is 0 Å². The number of rotatable bonds is 6. The van der Waals surface area contributed by atoms with E-state index < -0.39 is 0 Å². The van der Waals surface area contributed by atoms with Crippen LogP contribution in [0.4, 0.5) is 0 Å². The molecule has 0 radical (unpaired) electrons. The summed E-state index contributed by atoms with van der Waals surface area (Å²) in [5.41, 5.74) is 5.51. The molecule has 0 aromatic rings. The molecule has 0 amide bonds. The Balaban J connectivity index is 2.31. The van der Waals surface area contributed by atoms with Crippen molar-refractivity contribution in [3.05, 3.63) is 0 Å². The highest BCUT2D eigenvalue weighted by Gasteiger charge is 2.25. The minimum atomic E-state index is -0.197. The number of likely N-dealkylation sites (N-methyl/N-ethyl adjacent to an activating group) is 1. The third-order valence-corrected chi connectivity index (χ3v) is 3.47. The maximum absolute atomic E-state index is 5.88. The Kier molecular flexibility index (Phi) is 5.69. The van der Waals surface area contributed by atoms with Gasteiger partial charge in [-0.2, -0.15) is 0 Å². The molecule has 1 heterocycles. The van der Waals surface area contributed by atoms with Crippen LogP contribution in [0.1, 0.15) is 27.2 Å². The molecule has 4 nitrogen and oxygen atoms in total. The summed E-state index contributed by atoms with van der Waals surface area (Å²) >= 11 is 0. The zero-order valence-electron chi connectivity index (χ0n) is 10.9. The molecule has 1 aliphatic rings. The van der Waals surface area contributed by atoms with E-state index in [1.807, 2.05) is 0 Å². The summed E-state index contributed by atoms with van der Waals surface area (Å²) < 4.78 is 11.6. The van der Waals surface area contributed by atoms with E-state index in [0.717, 1.165) is 32.7 Å². The van der Waals surface area contributed by atoms with Crippen molar-refractivity contribution in [2.75, 3.05) is 39.4 Å². The van der Waals surface area contributed by atoms with E-state index in [0.29, 0.717) is 13.2 Å². The molecule has 0 aromatic heterocycles.